The fourth-order valence-corrected chi connectivity index (χ4v) is 3.00. The Hall–Kier alpha value is -1.13. The lowest BCUT2D eigenvalue weighted by Gasteiger charge is -2.23. The molecule has 0 saturated carbocycles. The third-order valence-corrected chi connectivity index (χ3v) is 4.25. The minimum Gasteiger partial charge on any atom is -0.381 e. The molecule has 5 heteroatoms. The Morgan fingerprint density at radius 2 is 2.15 bits per heavy atom. The highest BCUT2D eigenvalue weighted by molar-refractivity contribution is 6.16. The van der Waals surface area contributed by atoms with Crippen LogP contribution in [-0.2, 0) is 17.2 Å². The zero-order chi connectivity index (χ0) is 14.1. The second-order valence-corrected chi connectivity index (χ2v) is 5.69. The first-order chi connectivity index (χ1) is 9.69. The largest absolute Gasteiger partial charge is 0.381 e. The van der Waals surface area contributed by atoms with Crippen LogP contribution in [0.1, 0.15) is 24.2 Å². The van der Waals surface area contributed by atoms with Gasteiger partial charge in [0.2, 0.25) is 0 Å². The van der Waals surface area contributed by atoms with Gasteiger partial charge >= 0.3 is 0 Å². The number of fused-ring (bicyclic) bond motifs is 1. The minimum absolute atomic E-state index is 0.214. The highest BCUT2D eigenvalue weighted by atomic mass is 35.5. The van der Waals surface area contributed by atoms with Crippen molar-refractivity contribution in [1.29, 1.82) is 0 Å². The van der Waals surface area contributed by atoms with Gasteiger partial charge in [-0.3, -0.25) is 0 Å². The van der Waals surface area contributed by atoms with Crippen LogP contribution in [0.15, 0.2) is 12.1 Å². The summed E-state index contributed by atoms with van der Waals surface area (Å²) in [6.07, 6.45) is 2.11. The van der Waals surface area contributed by atoms with Crippen molar-refractivity contribution in [2.24, 2.45) is 5.92 Å². The van der Waals surface area contributed by atoms with Gasteiger partial charge in [-0.25, -0.2) is 9.37 Å². The smallest absolute Gasteiger partial charge is 0.128 e. The number of hydrogen-bond donors (Lipinski definition) is 0. The van der Waals surface area contributed by atoms with Crippen LogP contribution in [0.5, 0.6) is 0 Å². The summed E-state index contributed by atoms with van der Waals surface area (Å²) in [5.74, 6) is 1.53. The van der Waals surface area contributed by atoms with E-state index < -0.39 is 0 Å². The number of aromatic nitrogens is 2. The standard InChI is InChI=1S/C15H18ClFN2O/c1-10-6-14-13(7-12(10)17)18-15(8-16)19(14)9-11-2-4-20-5-3-11/h6-7,11H,2-5,8-9H2,1H3. The van der Waals surface area contributed by atoms with Crippen LogP contribution in [0.4, 0.5) is 4.39 Å². The molecule has 2 aromatic rings. The lowest BCUT2D eigenvalue weighted by atomic mass is 10.0. The van der Waals surface area contributed by atoms with Crippen molar-refractivity contribution in [2.75, 3.05) is 13.2 Å². The van der Waals surface area contributed by atoms with Gasteiger partial charge in [0.1, 0.15) is 11.6 Å². The molecule has 0 amide bonds. The molecule has 2 heterocycles. The third-order valence-electron chi connectivity index (χ3n) is 4.01. The van der Waals surface area contributed by atoms with Crippen molar-refractivity contribution < 1.29 is 9.13 Å². The van der Waals surface area contributed by atoms with Gasteiger partial charge < -0.3 is 9.30 Å². The van der Waals surface area contributed by atoms with Crippen molar-refractivity contribution in [3.8, 4) is 0 Å². The molecule has 20 heavy (non-hydrogen) atoms. The lowest BCUT2D eigenvalue weighted by molar-refractivity contribution is 0.0614. The number of alkyl halides is 1. The van der Waals surface area contributed by atoms with Crippen molar-refractivity contribution >= 4 is 22.6 Å². The summed E-state index contributed by atoms with van der Waals surface area (Å²) in [7, 11) is 0. The molecule has 0 aliphatic carbocycles. The SMILES string of the molecule is Cc1cc2c(cc1F)nc(CCl)n2CC1CCOCC1. The van der Waals surface area contributed by atoms with Crippen LogP contribution >= 0.6 is 11.6 Å². The number of hydrogen-bond acceptors (Lipinski definition) is 2. The number of imidazole rings is 1. The molecular formula is C15H18ClFN2O. The lowest BCUT2D eigenvalue weighted by Crippen LogP contribution is -2.21. The van der Waals surface area contributed by atoms with E-state index in [9.17, 15) is 4.39 Å². The van der Waals surface area contributed by atoms with Crippen LogP contribution in [-0.4, -0.2) is 22.8 Å². The number of halogens is 2. The van der Waals surface area contributed by atoms with E-state index in [1.807, 2.05) is 6.07 Å². The van der Waals surface area contributed by atoms with Gasteiger partial charge in [-0.05, 0) is 37.3 Å². The van der Waals surface area contributed by atoms with Crippen LogP contribution in [0.3, 0.4) is 0 Å². The predicted molar refractivity (Wildman–Crippen MR) is 77.5 cm³/mol. The molecule has 0 unspecified atom stereocenters. The molecule has 3 nitrogen and oxygen atoms in total. The molecule has 108 valence electrons. The number of aryl methyl sites for hydroxylation is 1. The van der Waals surface area contributed by atoms with Gasteiger partial charge in [-0.1, -0.05) is 0 Å². The summed E-state index contributed by atoms with van der Waals surface area (Å²) in [6.45, 7) is 4.30. The number of rotatable bonds is 3. The Morgan fingerprint density at radius 3 is 2.85 bits per heavy atom. The molecule has 1 aliphatic rings. The predicted octanol–water partition coefficient (Wildman–Crippen LogP) is 3.65. The maximum absolute atomic E-state index is 13.7. The monoisotopic (exact) mass is 296 g/mol. The Labute approximate surface area is 122 Å². The number of benzene rings is 1. The van der Waals surface area contributed by atoms with Crippen molar-refractivity contribution in [3.63, 3.8) is 0 Å². The second kappa shape index (κ2) is 5.70. The second-order valence-electron chi connectivity index (χ2n) is 5.42. The molecule has 0 N–H and O–H groups in total. The Morgan fingerprint density at radius 1 is 1.40 bits per heavy atom. The van der Waals surface area contributed by atoms with Crippen molar-refractivity contribution in [3.05, 3.63) is 29.3 Å². The van der Waals surface area contributed by atoms with Gasteiger partial charge in [-0.15, -0.1) is 11.6 Å². The van der Waals surface area contributed by atoms with Crippen LogP contribution in [0, 0.1) is 18.7 Å². The first-order valence-electron chi connectivity index (χ1n) is 6.98. The van der Waals surface area contributed by atoms with Crippen LogP contribution in [0.2, 0.25) is 0 Å². The van der Waals surface area contributed by atoms with E-state index in [4.69, 9.17) is 16.3 Å². The van der Waals surface area contributed by atoms with E-state index in [2.05, 4.69) is 9.55 Å². The zero-order valence-electron chi connectivity index (χ0n) is 11.5. The fraction of sp³-hybridized carbons (Fsp3) is 0.533. The van der Waals surface area contributed by atoms with Gasteiger partial charge in [0.25, 0.3) is 0 Å². The van der Waals surface area contributed by atoms with E-state index in [0.717, 1.165) is 43.9 Å². The minimum atomic E-state index is -0.214. The van der Waals surface area contributed by atoms with E-state index in [1.165, 1.54) is 6.07 Å². The van der Waals surface area contributed by atoms with Crippen molar-refractivity contribution in [1.82, 2.24) is 9.55 Å². The molecule has 1 saturated heterocycles. The molecule has 1 aliphatic heterocycles. The molecular weight excluding hydrogens is 279 g/mol. The maximum atomic E-state index is 13.7. The highest BCUT2D eigenvalue weighted by Gasteiger charge is 2.18. The third kappa shape index (κ3) is 2.54. The van der Waals surface area contributed by atoms with Crippen molar-refractivity contribution in [2.45, 2.75) is 32.2 Å². The summed E-state index contributed by atoms with van der Waals surface area (Å²) in [5.41, 5.74) is 2.31. The number of ether oxygens (including phenoxy) is 1. The molecule has 0 bridgehead atoms. The average molecular weight is 297 g/mol. The molecule has 1 aromatic carbocycles. The van der Waals surface area contributed by atoms with E-state index in [1.54, 1.807) is 6.92 Å². The summed E-state index contributed by atoms with van der Waals surface area (Å²) < 4.78 is 21.2. The highest BCUT2D eigenvalue weighted by Crippen LogP contribution is 2.25. The molecule has 1 fully saturated rings. The Balaban J connectivity index is 2.00. The van der Waals surface area contributed by atoms with Crippen LogP contribution in [0.25, 0.3) is 11.0 Å². The van der Waals surface area contributed by atoms with Gasteiger partial charge in [0, 0.05) is 25.8 Å². The van der Waals surface area contributed by atoms with Gasteiger partial charge in [0.05, 0.1) is 16.9 Å². The molecule has 0 spiro atoms. The average Bonchev–Trinajstić information content (AvgIpc) is 2.78. The molecule has 3 rings (SSSR count). The summed E-state index contributed by atoms with van der Waals surface area (Å²) >= 11 is 6.00. The molecule has 1 aromatic heterocycles. The first kappa shape index (κ1) is 13.8. The zero-order valence-corrected chi connectivity index (χ0v) is 12.3. The normalized spacial score (nSPS) is 16.9. The van der Waals surface area contributed by atoms with E-state index in [-0.39, 0.29) is 5.82 Å². The summed E-state index contributed by atoms with van der Waals surface area (Å²) in [5, 5.41) is 0. The molecule has 0 radical (unpaired) electrons. The van der Waals surface area contributed by atoms with Crippen LogP contribution < -0.4 is 0 Å². The quantitative estimate of drug-likeness (QED) is 0.809. The number of nitrogens with zero attached hydrogens (tertiary/aromatic N) is 2. The Bertz CT molecular complexity index is 620. The Kier molecular flexibility index (Phi) is 3.94. The maximum Gasteiger partial charge on any atom is 0.128 e. The van der Waals surface area contributed by atoms with E-state index >= 15 is 0 Å². The van der Waals surface area contributed by atoms with E-state index in [0.29, 0.717) is 22.9 Å². The van der Waals surface area contributed by atoms with Gasteiger partial charge in [-0.2, -0.15) is 0 Å². The first-order valence-corrected chi connectivity index (χ1v) is 7.51. The topological polar surface area (TPSA) is 27.1 Å². The molecule has 0 atom stereocenters. The fourth-order valence-electron chi connectivity index (χ4n) is 2.79. The summed E-state index contributed by atoms with van der Waals surface area (Å²) in [6, 6.07) is 3.37. The summed E-state index contributed by atoms with van der Waals surface area (Å²) in [4.78, 5) is 4.46. The van der Waals surface area contributed by atoms with Gasteiger partial charge in [0.15, 0.2) is 0 Å².